The van der Waals surface area contributed by atoms with Gasteiger partial charge in [0.2, 0.25) is 0 Å². The minimum absolute atomic E-state index is 0.0202. The van der Waals surface area contributed by atoms with Crippen molar-refractivity contribution in [3.8, 4) is 0 Å². The van der Waals surface area contributed by atoms with Crippen LogP contribution >= 0.6 is 0 Å². The van der Waals surface area contributed by atoms with Gasteiger partial charge in [0.25, 0.3) is 0 Å². The van der Waals surface area contributed by atoms with Crippen LogP contribution in [-0.2, 0) is 6.54 Å². The quantitative estimate of drug-likeness (QED) is 0.743. The third kappa shape index (κ3) is 2.08. The zero-order valence-corrected chi connectivity index (χ0v) is 8.43. The van der Waals surface area contributed by atoms with Crippen LogP contribution in [0.1, 0.15) is 16.7 Å². The van der Waals surface area contributed by atoms with E-state index < -0.39 is 11.6 Å². The minimum Gasteiger partial charge on any atom is -0.314 e. The number of hydrogen-bond donors (Lipinski definition) is 1. The fraction of sp³-hybridized carbons (Fsp3) is 0.400. The monoisotopic (exact) mass is 201 g/mol. The lowest BCUT2D eigenvalue weighted by Crippen LogP contribution is -2.14. The van der Waals surface area contributed by atoms with Crippen molar-refractivity contribution in [1.29, 1.82) is 0 Å². The van der Waals surface area contributed by atoms with Crippen molar-refractivity contribution in [2.75, 3.05) is 7.05 Å². The van der Waals surface area contributed by atoms with Crippen LogP contribution in [0.3, 0.4) is 0 Å². The second kappa shape index (κ2) is 4.02. The molecule has 78 valence electrons. The fourth-order valence-electron chi connectivity index (χ4n) is 1.31. The van der Waals surface area contributed by atoms with E-state index in [1.807, 2.05) is 0 Å². The van der Waals surface area contributed by atoms with Crippen LogP contribution in [0.5, 0.6) is 0 Å². The molecule has 0 aliphatic rings. The number of hydrogen-bond acceptors (Lipinski definition) is 2. The number of hydroxylamine groups is 2. The third-order valence-electron chi connectivity index (χ3n) is 2.20. The summed E-state index contributed by atoms with van der Waals surface area (Å²) in [6.07, 6.45) is 0. The van der Waals surface area contributed by atoms with E-state index in [0.717, 1.165) is 5.06 Å². The Kier molecular flexibility index (Phi) is 3.18. The Morgan fingerprint density at radius 1 is 1.29 bits per heavy atom. The standard InChI is InChI=1S/C10H13F2NO/c1-6-8(5-13(3)14)4-9(11)7(2)10(6)12/h4,14H,5H2,1-3H3. The molecule has 0 radical (unpaired) electrons. The maximum absolute atomic E-state index is 13.4. The van der Waals surface area contributed by atoms with Crippen LogP contribution in [0, 0.1) is 25.5 Å². The first-order chi connectivity index (χ1) is 6.43. The lowest BCUT2D eigenvalue weighted by molar-refractivity contribution is -0.0733. The molecule has 0 aliphatic heterocycles. The van der Waals surface area contributed by atoms with Crippen LogP contribution in [0.25, 0.3) is 0 Å². The number of nitrogens with zero attached hydrogens (tertiary/aromatic N) is 1. The number of benzene rings is 1. The Morgan fingerprint density at radius 3 is 2.36 bits per heavy atom. The Labute approximate surface area is 81.7 Å². The van der Waals surface area contributed by atoms with Gasteiger partial charge in [0.05, 0.1) is 0 Å². The molecule has 1 aromatic carbocycles. The Balaban J connectivity index is 3.19. The summed E-state index contributed by atoms with van der Waals surface area (Å²) in [4.78, 5) is 0. The molecule has 0 unspecified atom stereocenters. The zero-order chi connectivity index (χ0) is 10.9. The summed E-state index contributed by atoms with van der Waals surface area (Å²) in [6.45, 7) is 3.07. The Morgan fingerprint density at radius 2 is 1.86 bits per heavy atom. The van der Waals surface area contributed by atoms with E-state index in [-0.39, 0.29) is 12.1 Å². The first-order valence-corrected chi connectivity index (χ1v) is 4.27. The average Bonchev–Trinajstić information content (AvgIpc) is 2.10. The predicted octanol–water partition coefficient (Wildman–Crippen LogP) is 2.40. The second-order valence-electron chi connectivity index (χ2n) is 3.40. The molecule has 0 heterocycles. The lowest BCUT2D eigenvalue weighted by Gasteiger charge is -2.13. The highest BCUT2D eigenvalue weighted by Gasteiger charge is 2.12. The van der Waals surface area contributed by atoms with Gasteiger partial charge >= 0.3 is 0 Å². The SMILES string of the molecule is Cc1c(F)cc(CN(C)O)c(C)c1F. The molecular formula is C10H13F2NO. The van der Waals surface area contributed by atoms with Gasteiger partial charge in [-0.3, -0.25) is 0 Å². The molecule has 4 heteroatoms. The van der Waals surface area contributed by atoms with Crippen molar-refractivity contribution >= 4 is 0 Å². The first-order valence-electron chi connectivity index (χ1n) is 4.27. The molecule has 0 aromatic heterocycles. The number of rotatable bonds is 2. The van der Waals surface area contributed by atoms with Gasteiger partial charge in [0.1, 0.15) is 11.6 Å². The largest absolute Gasteiger partial charge is 0.314 e. The van der Waals surface area contributed by atoms with Crippen LogP contribution < -0.4 is 0 Å². The summed E-state index contributed by atoms with van der Waals surface area (Å²) in [7, 11) is 1.43. The van der Waals surface area contributed by atoms with E-state index in [0.29, 0.717) is 11.1 Å². The molecule has 0 saturated heterocycles. The summed E-state index contributed by atoms with van der Waals surface area (Å²) in [5.41, 5.74) is 0.854. The van der Waals surface area contributed by atoms with Gasteiger partial charge in [-0.05, 0) is 31.0 Å². The molecular weight excluding hydrogens is 188 g/mol. The summed E-state index contributed by atoms with van der Waals surface area (Å²) < 4.78 is 26.5. The van der Waals surface area contributed by atoms with Crippen molar-refractivity contribution in [2.24, 2.45) is 0 Å². The van der Waals surface area contributed by atoms with Gasteiger partial charge < -0.3 is 5.21 Å². The molecule has 2 nitrogen and oxygen atoms in total. The normalized spacial score (nSPS) is 11.1. The van der Waals surface area contributed by atoms with Crippen molar-refractivity contribution in [3.05, 3.63) is 34.4 Å². The van der Waals surface area contributed by atoms with E-state index >= 15 is 0 Å². The van der Waals surface area contributed by atoms with E-state index in [1.165, 1.54) is 20.0 Å². The number of halogens is 2. The van der Waals surface area contributed by atoms with E-state index in [4.69, 9.17) is 5.21 Å². The predicted molar refractivity (Wildman–Crippen MR) is 49.1 cm³/mol. The van der Waals surface area contributed by atoms with Crippen LogP contribution in [-0.4, -0.2) is 17.3 Å². The van der Waals surface area contributed by atoms with E-state index in [2.05, 4.69) is 0 Å². The van der Waals surface area contributed by atoms with Crippen molar-refractivity contribution in [3.63, 3.8) is 0 Å². The van der Waals surface area contributed by atoms with E-state index in [1.54, 1.807) is 6.92 Å². The zero-order valence-electron chi connectivity index (χ0n) is 8.43. The van der Waals surface area contributed by atoms with Crippen LogP contribution in [0.2, 0.25) is 0 Å². The summed E-state index contributed by atoms with van der Waals surface area (Å²) in [6, 6.07) is 1.25. The van der Waals surface area contributed by atoms with Crippen molar-refractivity contribution in [2.45, 2.75) is 20.4 Å². The Hall–Kier alpha value is -1.00. The molecule has 1 aromatic rings. The molecule has 0 atom stereocenters. The molecule has 1 N–H and O–H groups in total. The van der Waals surface area contributed by atoms with Gasteiger partial charge in [-0.1, -0.05) is 0 Å². The van der Waals surface area contributed by atoms with Gasteiger partial charge in [0.15, 0.2) is 0 Å². The molecule has 0 fully saturated rings. The highest BCUT2D eigenvalue weighted by Crippen LogP contribution is 2.20. The van der Waals surface area contributed by atoms with Crippen LogP contribution in [0.4, 0.5) is 8.78 Å². The highest BCUT2D eigenvalue weighted by atomic mass is 19.1. The smallest absolute Gasteiger partial charge is 0.132 e. The first kappa shape index (κ1) is 11.1. The minimum atomic E-state index is -0.579. The fourth-order valence-corrected chi connectivity index (χ4v) is 1.31. The maximum atomic E-state index is 13.4. The lowest BCUT2D eigenvalue weighted by atomic mass is 10.0. The molecule has 0 spiro atoms. The van der Waals surface area contributed by atoms with Crippen molar-refractivity contribution < 1.29 is 14.0 Å². The van der Waals surface area contributed by atoms with Gasteiger partial charge in [-0.2, -0.15) is 5.06 Å². The summed E-state index contributed by atoms with van der Waals surface area (Å²) in [5.74, 6) is -1.12. The van der Waals surface area contributed by atoms with Gasteiger partial charge in [-0.25, -0.2) is 8.78 Å². The molecule has 14 heavy (non-hydrogen) atoms. The van der Waals surface area contributed by atoms with Crippen molar-refractivity contribution in [1.82, 2.24) is 5.06 Å². The van der Waals surface area contributed by atoms with Gasteiger partial charge in [-0.15, -0.1) is 0 Å². The molecule has 0 amide bonds. The van der Waals surface area contributed by atoms with Gasteiger partial charge in [0, 0.05) is 19.2 Å². The average molecular weight is 201 g/mol. The molecule has 1 rings (SSSR count). The van der Waals surface area contributed by atoms with Crippen LogP contribution in [0.15, 0.2) is 6.07 Å². The Bertz CT molecular complexity index is 350. The molecule has 0 aliphatic carbocycles. The molecule has 0 saturated carbocycles. The van der Waals surface area contributed by atoms with E-state index in [9.17, 15) is 8.78 Å². The summed E-state index contributed by atoms with van der Waals surface area (Å²) >= 11 is 0. The third-order valence-corrected chi connectivity index (χ3v) is 2.20. The second-order valence-corrected chi connectivity index (χ2v) is 3.40. The summed E-state index contributed by atoms with van der Waals surface area (Å²) in [5, 5.41) is 9.86. The molecule has 0 bridgehead atoms. The topological polar surface area (TPSA) is 23.5 Å². The maximum Gasteiger partial charge on any atom is 0.132 e. The highest BCUT2D eigenvalue weighted by molar-refractivity contribution is 5.33.